The van der Waals surface area contributed by atoms with E-state index in [1.165, 1.54) is 0 Å². The standard InChI is InChI=1S/C38H34O4/c1-25(39)23-41-35-19-15-31-21-29(27-9-5-3-6-10-27)13-17-33(31)37(35)38-34-18-14-30(28-11-7-4-8-12-28)22-32(34)16-20-36(38)42-24-26(2)40/h3-22,25-26,39-40H,23-24H2,1-2H3. The fourth-order valence-corrected chi connectivity index (χ4v) is 5.42. The molecule has 0 heterocycles. The van der Waals surface area contributed by atoms with Gasteiger partial charge in [-0.2, -0.15) is 0 Å². The summed E-state index contributed by atoms with van der Waals surface area (Å²) in [5.74, 6) is 1.33. The summed E-state index contributed by atoms with van der Waals surface area (Å²) in [6.07, 6.45) is -1.25. The fourth-order valence-electron chi connectivity index (χ4n) is 5.42. The molecule has 6 aromatic carbocycles. The van der Waals surface area contributed by atoms with E-state index in [4.69, 9.17) is 9.47 Å². The molecule has 2 unspecified atom stereocenters. The van der Waals surface area contributed by atoms with E-state index in [0.29, 0.717) is 11.5 Å². The van der Waals surface area contributed by atoms with Crippen molar-refractivity contribution in [3.8, 4) is 44.9 Å². The third-order valence-electron chi connectivity index (χ3n) is 7.39. The Labute approximate surface area is 246 Å². The van der Waals surface area contributed by atoms with E-state index in [0.717, 1.165) is 54.9 Å². The molecule has 4 nitrogen and oxygen atoms in total. The van der Waals surface area contributed by atoms with E-state index in [-0.39, 0.29) is 13.2 Å². The van der Waals surface area contributed by atoms with Crippen LogP contribution in [-0.2, 0) is 0 Å². The summed E-state index contributed by atoms with van der Waals surface area (Å²) in [7, 11) is 0. The van der Waals surface area contributed by atoms with Gasteiger partial charge >= 0.3 is 0 Å². The van der Waals surface area contributed by atoms with Gasteiger partial charge in [-0.25, -0.2) is 0 Å². The highest BCUT2D eigenvalue weighted by Gasteiger charge is 2.21. The molecule has 42 heavy (non-hydrogen) atoms. The van der Waals surface area contributed by atoms with Crippen molar-refractivity contribution < 1.29 is 19.7 Å². The molecular weight excluding hydrogens is 520 g/mol. The third-order valence-corrected chi connectivity index (χ3v) is 7.39. The smallest absolute Gasteiger partial charge is 0.128 e. The molecule has 4 heteroatoms. The van der Waals surface area contributed by atoms with E-state index < -0.39 is 12.2 Å². The Morgan fingerprint density at radius 2 is 0.881 bits per heavy atom. The molecule has 0 aliphatic heterocycles. The van der Waals surface area contributed by atoms with Gasteiger partial charge in [-0.15, -0.1) is 0 Å². The Bertz CT molecular complexity index is 1690. The largest absolute Gasteiger partial charge is 0.490 e. The zero-order chi connectivity index (χ0) is 29.1. The van der Waals surface area contributed by atoms with Crippen molar-refractivity contribution in [1.82, 2.24) is 0 Å². The topological polar surface area (TPSA) is 58.9 Å². The average molecular weight is 555 g/mol. The second kappa shape index (κ2) is 12.1. The van der Waals surface area contributed by atoms with E-state index in [9.17, 15) is 10.2 Å². The summed E-state index contributed by atoms with van der Waals surface area (Å²) >= 11 is 0. The van der Waals surface area contributed by atoms with Gasteiger partial charge in [0.05, 0.1) is 12.2 Å². The van der Waals surface area contributed by atoms with E-state index >= 15 is 0 Å². The van der Waals surface area contributed by atoms with Crippen LogP contribution in [0.5, 0.6) is 11.5 Å². The summed E-state index contributed by atoms with van der Waals surface area (Å²) in [6.45, 7) is 3.75. The molecule has 0 spiro atoms. The number of rotatable bonds is 9. The van der Waals surface area contributed by atoms with Gasteiger partial charge in [-0.3, -0.25) is 0 Å². The molecule has 210 valence electrons. The van der Waals surface area contributed by atoms with Crippen LogP contribution in [0.25, 0.3) is 54.9 Å². The van der Waals surface area contributed by atoms with Crippen LogP contribution in [0.15, 0.2) is 121 Å². The third kappa shape index (κ3) is 5.73. The maximum absolute atomic E-state index is 10.1. The van der Waals surface area contributed by atoms with E-state index in [1.807, 2.05) is 48.5 Å². The van der Waals surface area contributed by atoms with Crippen LogP contribution >= 0.6 is 0 Å². The molecule has 0 fully saturated rings. The minimum atomic E-state index is -0.624. The molecule has 6 aromatic rings. The van der Waals surface area contributed by atoms with Crippen LogP contribution < -0.4 is 9.47 Å². The molecule has 0 aliphatic carbocycles. The normalized spacial score (nSPS) is 12.8. The average Bonchev–Trinajstić information content (AvgIpc) is 3.02. The first-order valence-electron chi connectivity index (χ1n) is 14.3. The Morgan fingerprint density at radius 1 is 0.476 bits per heavy atom. The molecule has 0 amide bonds. The SMILES string of the molecule is CC(O)COc1ccc2cc(-c3ccccc3)ccc2c1-c1c(OCC(C)O)ccc2cc(-c3ccccc3)ccc12. The fraction of sp³-hybridized carbons (Fsp3) is 0.158. The molecule has 0 aromatic heterocycles. The predicted molar refractivity (Wildman–Crippen MR) is 172 cm³/mol. The minimum Gasteiger partial charge on any atom is -0.490 e. The maximum atomic E-state index is 10.1. The molecule has 2 atom stereocenters. The van der Waals surface area contributed by atoms with Gasteiger partial charge in [0, 0.05) is 11.1 Å². The van der Waals surface area contributed by atoms with Gasteiger partial charge < -0.3 is 19.7 Å². The highest BCUT2D eigenvalue weighted by molar-refractivity contribution is 6.11. The first-order valence-corrected chi connectivity index (χ1v) is 14.3. The Morgan fingerprint density at radius 3 is 1.26 bits per heavy atom. The van der Waals surface area contributed by atoms with Crippen molar-refractivity contribution in [1.29, 1.82) is 0 Å². The molecule has 0 bridgehead atoms. The lowest BCUT2D eigenvalue weighted by Crippen LogP contribution is -2.14. The first-order chi connectivity index (χ1) is 20.5. The first kappa shape index (κ1) is 27.5. The second-order valence-corrected chi connectivity index (χ2v) is 10.8. The summed E-state index contributed by atoms with van der Waals surface area (Å²) in [4.78, 5) is 0. The zero-order valence-corrected chi connectivity index (χ0v) is 23.8. The molecule has 2 N–H and O–H groups in total. The quantitative estimate of drug-likeness (QED) is 0.188. The molecular formula is C38H34O4. The second-order valence-electron chi connectivity index (χ2n) is 10.8. The molecule has 6 rings (SSSR count). The van der Waals surface area contributed by atoms with Gasteiger partial charge in [-0.05, 0) is 81.9 Å². The number of hydrogen-bond acceptors (Lipinski definition) is 4. The lowest BCUT2D eigenvalue weighted by atomic mass is 9.90. The Hall–Kier alpha value is -4.64. The number of fused-ring (bicyclic) bond motifs is 2. The summed E-state index contributed by atoms with van der Waals surface area (Å²) in [6, 6.07) is 41.7. The molecule has 0 saturated carbocycles. The summed E-state index contributed by atoms with van der Waals surface area (Å²) in [5, 5.41) is 24.3. The predicted octanol–water partition coefficient (Wildman–Crippen LogP) is 8.51. The van der Waals surface area contributed by atoms with Crippen molar-refractivity contribution in [2.24, 2.45) is 0 Å². The Balaban J connectivity index is 1.61. The number of benzene rings is 6. The van der Waals surface area contributed by atoms with Crippen LogP contribution in [0.3, 0.4) is 0 Å². The lowest BCUT2D eigenvalue weighted by Gasteiger charge is -2.21. The van der Waals surface area contributed by atoms with Gasteiger partial charge in [-0.1, -0.05) is 97.1 Å². The van der Waals surface area contributed by atoms with Crippen LogP contribution in [0, 0.1) is 0 Å². The van der Waals surface area contributed by atoms with Crippen molar-refractivity contribution in [3.05, 3.63) is 121 Å². The monoisotopic (exact) mass is 554 g/mol. The Kier molecular flexibility index (Phi) is 7.91. The van der Waals surface area contributed by atoms with Crippen LogP contribution in [0.1, 0.15) is 13.8 Å². The number of hydrogen-bond donors (Lipinski definition) is 2. The van der Waals surface area contributed by atoms with Crippen molar-refractivity contribution in [2.45, 2.75) is 26.1 Å². The van der Waals surface area contributed by atoms with E-state index in [2.05, 4.69) is 72.8 Å². The molecule has 0 saturated heterocycles. The van der Waals surface area contributed by atoms with Gasteiger partial charge in [0.15, 0.2) is 0 Å². The molecule has 0 aliphatic rings. The van der Waals surface area contributed by atoms with Crippen LogP contribution in [-0.4, -0.2) is 35.6 Å². The van der Waals surface area contributed by atoms with Crippen molar-refractivity contribution in [3.63, 3.8) is 0 Å². The van der Waals surface area contributed by atoms with E-state index in [1.54, 1.807) is 13.8 Å². The summed E-state index contributed by atoms with van der Waals surface area (Å²) in [5.41, 5.74) is 6.34. The summed E-state index contributed by atoms with van der Waals surface area (Å²) < 4.78 is 12.5. The van der Waals surface area contributed by atoms with Crippen LogP contribution in [0.2, 0.25) is 0 Å². The maximum Gasteiger partial charge on any atom is 0.128 e. The van der Waals surface area contributed by atoms with Gasteiger partial charge in [0.2, 0.25) is 0 Å². The molecule has 0 radical (unpaired) electrons. The lowest BCUT2D eigenvalue weighted by molar-refractivity contribution is 0.122. The number of aliphatic hydroxyl groups excluding tert-OH is 2. The highest BCUT2D eigenvalue weighted by atomic mass is 16.5. The van der Waals surface area contributed by atoms with Gasteiger partial charge in [0.25, 0.3) is 0 Å². The van der Waals surface area contributed by atoms with Crippen molar-refractivity contribution >= 4 is 21.5 Å². The minimum absolute atomic E-state index is 0.160. The number of aliphatic hydroxyl groups is 2. The van der Waals surface area contributed by atoms with Crippen molar-refractivity contribution in [2.75, 3.05) is 13.2 Å². The van der Waals surface area contributed by atoms with Gasteiger partial charge in [0.1, 0.15) is 24.7 Å². The number of ether oxygens (including phenoxy) is 2. The van der Waals surface area contributed by atoms with Crippen LogP contribution in [0.4, 0.5) is 0 Å². The highest BCUT2D eigenvalue weighted by Crippen LogP contribution is 2.46. The zero-order valence-electron chi connectivity index (χ0n) is 23.8.